The maximum Gasteiger partial charge on any atom is 0.164 e. The normalized spacial score (nSPS) is 11.1. The third kappa shape index (κ3) is 3.51. The molecule has 1 unspecified atom stereocenters. The van der Waals surface area contributed by atoms with Crippen LogP contribution in [0.5, 0.6) is 17.2 Å². The molecule has 4 heteroatoms. The zero-order chi connectivity index (χ0) is 15.9. The lowest BCUT2D eigenvalue weighted by Gasteiger charge is -2.15. The Bertz CT molecular complexity index is 683. The van der Waals surface area contributed by atoms with Gasteiger partial charge in [-0.1, -0.05) is 30.0 Å². The van der Waals surface area contributed by atoms with Crippen molar-refractivity contribution in [1.82, 2.24) is 0 Å². The molecule has 2 aromatic carbocycles. The first-order valence-corrected chi connectivity index (χ1v) is 6.74. The van der Waals surface area contributed by atoms with E-state index in [1.165, 1.54) is 14.2 Å². The molecule has 114 valence electrons. The number of aliphatic hydroxyl groups excluding tert-OH is 1. The largest absolute Gasteiger partial charge is 0.496 e. The number of benzene rings is 2. The molecular formula is C18H18O4. The summed E-state index contributed by atoms with van der Waals surface area (Å²) in [6.07, 6.45) is -0.991. The molecular weight excluding hydrogens is 280 g/mol. The van der Waals surface area contributed by atoms with Crippen LogP contribution in [-0.4, -0.2) is 26.4 Å². The Kier molecular flexibility index (Phi) is 5.29. The summed E-state index contributed by atoms with van der Waals surface area (Å²) in [6, 6.07) is 12.8. The smallest absolute Gasteiger partial charge is 0.164 e. The van der Waals surface area contributed by atoms with Crippen molar-refractivity contribution in [3.8, 4) is 29.1 Å². The Balaban J connectivity index is 2.36. The Morgan fingerprint density at radius 2 is 1.45 bits per heavy atom. The highest BCUT2D eigenvalue weighted by Crippen LogP contribution is 2.37. The van der Waals surface area contributed by atoms with Crippen LogP contribution in [0.4, 0.5) is 0 Å². The molecule has 22 heavy (non-hydrogen) atoms. The minimum atomic E-state index is -0.991. The highest BCUT2D eigenvalue weighted by atomic mass is 16.5. The number of ether oxygens (including phenoxy) is 3. The van der Waals surface area contributed by atoms with Crippen molar-refractivity contribution in [2.45, 2.75) is 6.10 Å². The highest BCUT2D eigenvalue weighted by molar-refractivity contribution is 5.53. The second-order valence-electron chi connectivity index (χ2n) is 4.49. The lowest BCUT2D eigenvalue weighted by molar-refractivity contribution is 0.231. The number of hydrogen-bond acceptors (Lipinski definition) is 4. The fourth-order valence-corrected chi connectivity index (χ4v) is 2.02. The van der Waals surface area contributed by atoms with Gasteiger partial charge in [0.25, 0.3) is 0 Å². The predicted molar refractivity (Wildman–Crippen MR) is 84.4 cm³/mol. The van der Waals surface area contributed by atoms with Gasteiger partial charge in [-0.3, -0.25) is 0 Å². The first kappa shape index (κ1) is 15.7. The van der Waals surface area contributed by atoms with E-state index in [2.05, 4.69) is 11.8 Å². The summed E-state index contributed by atoms with van der Waals surface area (Å²) in [5.41, 5.74) is 1.37. The van der Waals surface area contributed by atoms with Crippen LogP contribution in [-0.2, 0) is 0 Å². The van der Waals surface area contributed by atoms with Crippen molar-refractivity contribution in [2.24, 2.45) is 0 Å². The van der Waals surface area contributed by atoms with E-state index in [0.717, 1.165) is 5.56 Å². The van der Waals surface area contributed by atoms with E-state index in [1.54, 1.807) is 19.2 Å². The molecule has 2 aromatic rings. The number of hydrogen-bond donors (Lipinski definition) is 1. The molecule has 0 bridgehead atoms. The maximum absolute atomic E-state index is 10.3. The quantitative estimate of drug-likeness (QED) is 0.882. The predicted octanol–water partition coefficient (Wildman–Crippen LogP) is 2.80. The third-order valence-corrected chi connectivity index (χ3v) is 3.16. The zero-order valence-corrected chi connectivity index (χ0v) is 12.8. The number of methoxy groups -OCH3 is 3. The van der Waals surface area contributed by atoms with Crippen molar-refractivity contribution in [3.05, 3.63) is 53.6 Å². The van der Waals surface area contributed by atoms with Crippen molar-refractivity contribution < 1.29 is 19.3 Å². The topological polar surface area (TPSA) is 47.9 Å². The summed E-state index contributed by atoms with van der Waals surface area (Å²) in [6.45, 7) is 0. The molecule has 0 saturated carbocycles. The minimum absolute atomic E-state index is 0.493. The number of aliphatic hydroxyl groups is 1. The summed E-state index contributed by atoms with van der Waals surface area (Å²) in [4.78, 5) is 0. The van der Waals surface area contributed by atoms with Gasteiger partial charge in [0.2, 0.25) is 0 Å². The molecule has 0 aliphatic rings. The second-order valence-corrected chi connectivity index (χ2v) is 4.49. The van der Waals surface area contributed by atoms with E-state index in [-0.39, 0.29) is 0 Å². The lowest BCUT2D eigenvalue weighted by atomic mass is 10.1. The Labute approximate surface area is 130 Å². The number of rotatable bonds is 4. The fraction of sp³-hybridized carbons (Fsp3) is 0.222. The molecule has 0 fully saturated rings. The molecule has 1 N–H and O–H groups in total. The van der Waals surface area contributed by atoms with Gasteiger partial charge in [-0.05, 0) is 18.2 Å². The SMILES string of the molecule is COc1cc(OC)c(C(O)C#Cc2ccccc2)cc1OC. The fourth-order valence-electron chi connectivity index (χ4n) is 2.02. The first-order valence-electron chi connectivity index (χ1n) is 6.74. The van der Waals surface area contributed by atoms with Crippen molar-refractivity contribution in [2.75, 3.05) is 21.3 Å². The standard InChI is InChI=1S/C18H18O4/c1-20-16-12-18(22-3)17(21-2)11-14(16)15(19)10-9-13-7-5-4-6-8-13/h4-8,11-12,15,19H,1-3H3. The van der Waals surface area contributed by atoms with Crippen LogP contribution in [0.25, 0.3) is 0 Å². The monoisotopic (exact) mass is 298 g/mol. The highest BCUT2D eigenvalue weighted by Gasteiger charge is 2.16. The van der Waals surface area contributed by atoms with Gasteiger partial charge in [0.1, 0.15) is 11.9 Å². The van der Waals surface area contributed by atoms with Gasteiger partial charge in [-0.15, -0.1) is 0 Å². The van der Waals surface area contributed by atoms with Crippen LogP contribution in [0.3, 0.4) is 0 Å². The molecule has 0 radical (unpaired) electrons. The molecule has 1 atom stereocenters. The van der Waals surface area contributed by atoms with Gasteiger partial charge in [-0.2, -0.15) is 0 Å². The van der Waals surface area contributed by atoms with Gasteiger partial charge in [0.05, 0.1) is 21.3 Å². The van der Waals surface area contributed by atoms with Gasteiger partial charge < -0.3 is 19.3 Å². The lowest BCUT2D eigenvalue weighted by Crippen LogP contribution is -2.01. The molecule has 0 aliphatic carbocycles. The molecule has 0 spiro atoms. The van der Waals surface area contributed by atoms with E-state index in [9.17, 15) is 5.11 Å². The summed E-state index contributed by atoms with van der Waals surface area (Å²) < 4.78 is 15.8. The molecule has 4 nitrogen and oxygen atoms in total. The maximum atomic E-state index is 10.3. The average Bonchev–Trinajstić information content (AvgIpc) is 2.59. The summed E-state index contributed by atoms with van der Waals surface area (Å²) in [5.74, 6) is 7.28. The van der Waals surface area contributed by atoms with E-state index in [1.807, 2.05) is 30.3 Å². The first-order chi connectivity index (χ1) is 10.7. The van der Waals surface area contributed by atoms with Gasteiger partial charge in [-0.25, -0.2) is 0 Å². The Morgan fingerprint density at radius 1 is 0.864 bits per heavy atom. The Hall–Kier alpha value is -2.64. The summed E-state index contributed by atoms with van der Waals surface area (Å²) in [5, 5.41) is 10.3. The molecule has 0 aromatic heterocycles. The van der Waals surface area contributed by atoms with Gasteiger partial charge in [0.15, 0.2) is 11.5 Å². The van der Waals surface area contributed by atoms with Crippen molar-refractivity contribution >= 4 is 0 Å². The van der Waals surface area contributed by atoms with Crippen LogP contribution in [0, 0.1) is 11.8 Å². The molecule has 0 amide bonds. The van der Waals surface area contributed by atoms with Gasteiger partial charge >= 0.3 is 0 Å². The third-order valence-electron chi connectivity index (χ3n) is 3.16. The van der Waals surface area contributed by atoms with Crippen LogP contribution < -0.4 is 14.2 Å². The molecule has 0 aliphatic heterocycles. The molecule has 2 rings (SSSR count). The van der Waals surface area contributed by atoms with Crippen LogP contribution >= 0.6 is 0 Å². The van der Waals surface area contributed by atoms with E-state index in [4.69, 9.17) is 14.2 Å². The van der Waals surface area contributed by atoms with Crippen LogP contribution in [0.1, 0.15) is 17.2 Å². The van der Waals surface area contributed by atoms with Crippen molar-refractivity contribution in [1.29, 1.82) is 0 Å². The molecule has 0 saturated heterocycles. The molecule has 0 heterocycles. The Morgan fingerprint density at radius 3 is 2.05 bits per heavy atom. The van der Waals surface area contributed by atoms with Crippen molar-refractivity contribution in [3.63, 3.8) is 0 Å². The van der Waals surface area contributed by atoms with E-state index < -0.39 is 6.10 Å². The van der Waals surface area contributed by atoms with Crippen LogP contribution in [0.15, 0.2) is 42.5 Å². The minimum Gasteiger partial charge on any atom is -0.496 e. The van der Waals surface area contributed by atoms with E-state index >= 15 is 0 Å². The van der Waals surface area contributed by atoms with E-state index in [0.29, 0.717) is 22.8 Å². The van der Waals surface area contributed by atoms with Crippen LogP contribution in [0.2, 0.25) is 0 Å². The summed E-state index contributed by atoms with van der Waals surface area (Å²) >= 11 is 0. The summed E-state index contributed by atoms with van der Waals surface area (Å²) in [7, 11) is 4.61. The average molecular weight is 298 g/mol. The zero-order valence-electron chi connectivity index (χ0n) is 12.8. The second kappa shape index (κ2) is 7.39. The van der Waals surface area contributed by atoms with Gasteiger partial charge in [0, 0.05) is 17.2 Å².